The van der Waals surface area contributed by atoms with E-state index >= 15 is 0 Å². The molecule has 0 N–H and O–H groups in total. The van der Waals surface area contributed by atoms with Gasteiger partial charge in [0.05, 0.1) is 12.1 Å². The van der Waals surface area contributed by atoms with Gasteiger partial charge in [0, 0.05) is 6.04 Å². The largest absolute Gasteiger partial charge is 0.298 e. The smallest absolute Gasteiger partial charge is 0.146 e. The third-order valence-electron chi connectivity index (χ3n) is 6.65. The maximum absolute atomic E-state index is 11.4. The monoisotopic (exact) mass is 350 g/mol. The Kier molecular flexibility index (Phi) is 8.08. The van der Waals surface area contributed by atoms with E-state index in [0.717, 1.165) is 25.3 Å². The highest BCUT2D eigenvalue weighted by molar-refractivity contribution is 5.81. The van der Waals surface area contributed by atoms with Crippen molar-refractivity contribution in [2.45, 2.75) is 96.2 Å². The number of fused-ring (bicyclic) bond motifs is 1. The number of ketones is 2. The number of Topliss-reactive ketones (excluding diaryl/α,β-unsaturated/α-hetero) is 2. The second kappa shape index (κ2) is 9.82. The lowest BCUT2D eigenvalue weighted by Gasteiger charge is -2.46. The molecule has 3 rings (SSSR count). The van der Waals surface area contributed by atoms with Crippen LogP contribution in [-0.2, 0) is 9.59 Å². The normalized spacial score (nSPS) is 34.2. The molecular formula is C21H38N2O2. The number of rotatable bonds is 2. The summed E-state index contributed by atoms with van der Waals surface area (Å²) in [5.41, 5.74) is 0. The van der Waals surface area contributed by atoms with Gasteiger partial charge in [-0.1, -0.05) is 25.7 Å². The van der Waals surface area contributed by atoms with Gasteiger partial charge in [0.2, 0.25) is 0 Å². The van der Waals surface area contributed by atoms with Crippen LogP contribution in [0.5, 0.6) is 0 Å². The lowest BCUT2D eigenvalue weighted by atomic mass is 9.76. The summed E-state index contributed by atoms with van der Waals surface area (Å²) in [6.45, 7) is 4.53. The van der Waals surface area contributed by atoms with Crippen LogP contribution < -0.4 is 0 Å². The van der Waals surface area contributed by atoms with Crippen LogP contribution in [0.25, 0.3) is 0 Å². The van der Waals surface area contributed by atoms with Crippen molar-refractivity contribution >= 4 is 11.6 Å². The number of likely N-dealkylation sites (N-methyl/N-ethyl adjacent to an activating group) is 2. The molecule has 0 aromatic rings. The molecule has 4 nitrogen and oxygen atoms in total. The van der Waals surface area contributed by atoms with Gasteiger partial charge in [-0.25, -0.2) is 0 Å². The van der Waals surface area contributed by atoms with Gasteiger partial charge in [-0.05, 0) is 78.9 Å². The molecule has 0 aromatic heterocycles. The fourth-order valence-corrected chi connectivity index (χ4v) is 5.12. The van der Waals surface area contributed by atoms with Crippen LogP contribution in [0.1, 0.15) is 78.1 Å². The fourth-order valence-electron chi connectivity index (χ4n) is 5.12. The van der Waals surface area contributed by atoms with Crippen molar-refractivity contribution in [2.75, 3.05) is 20.6 Å². The highest BCUT2D eigenvalue weighted by Gasteiger charge is 2.37. The summed E-state index contributed by atoms with van der Waals surface area (Å²) in [6, 6.07) is 1.12. The van der Waals surface area contributed by atoms with Crippen LogP contribution in [0.3, 0.4) is 0 Å². The Labute approximate surface area is 154 Å². The first kappa shape index (κ1) is 20.6. The maximum Gasteiger partial charge on any atom is 0.146 e. The third kappa shape index (κ3) is 5.62. The molecule has 4 atom stereocenters. The zero-order valence-corrected chi connectivity index (χ0v) is 16.8. The van der Waals surface area contributed by atoms with Gasteiger partial charge in [0.25, 0.3) is 0 Å². The summed E-state index contributed by atoms with van der Waals surface area (Å²) in [6.07, 6.45) is 12.6. The molecule has 2 aliphatic heterocycles. The lowest BCUT2D eigenvalue weighted by Crippen LogP contribution is -2.52. The van der Waals surface area contributed by atoms with Crippen molar-refractivity contribution in [2.24, 2.45) is 5.92 Å². The van der Waals surface area contributed by atoms with E-state index < -0.39 is 0 Å². The van der Waals surface area contributed by atoms with Crippen molar-refractivity contribution in [1.29, 1.82) is 0 Å². The fraction of sp³-hybridized carbons (Fsp3) is 0.905. The first-order chi connectivity index (χ1) is 11.9. The van der Waals surface area contributed by atoms with Crippen LogP contribution in [-0.4, -0.2) is 60.1 Å². The number of carbonyl (C=O) groups excluding carboxylic acids is 2. The Bertz CT molecular complexity index is 451. The van der Waals surface area contributed by atoms with Gasteiger partial charge in [0.1, 0.15) is 11.6 Å². The average Bonchev–Trinajstić information content (AvgIpc) is 2.80. The number of nitrogens with zero attached hydrogens (tertiary/aromatic N) is 2. The maximum atomic E-state index is 11.4. The summed E-state index contributed by atoms with van der Waals surface area (Å²) in [5, 5.41) is 0. The zero-order valence-electron chi connectivity index (χ0n) is 16.8. The number of hydrogen-bond donors (Lipinski definition) is 0. The summed E-state index contributed by atoms with van der Waals surface area (Å²) < 4.78 is 0. The molecule has 144 valence electrons. The Hall–Kier alpha value is -0.740. The summed E-state index contributed by atoms with van der Waals surface area (Å²) in [5.74, 6) is 1.57. The van der Waals surface area contributed by atoms with E-state index in [1.165, 1.54) is 51.4 Å². The SMILES string of the molecule is CC(=O)C1CCC2CCCCC2N1C.CC(=O)C1CCCCCN1C. The van der Waals surface area contributed by atoms with E-state index in [4.69, 9.17) is 0 Å². The van der Waals surface area contributed by atoms with E-state index in [2.05, 4.69) is 23.9 Å². The Morgan fingerprint density at radius 1 is 0.720 bits per heavy atom. The van der Waals surface area contributed by atoms with Crippen molar-refractivity contribution in [3.05, 3.63) is 0 Å². The lowest BCUT2D eigenvalue weighted by molar-refractivity contribution is -0.125. The van der Waals surface area contributed by atoms with Crippen LogP contribution >= 0.6 is 0 Å². The number of piperidine rings is 1. The molecule has 4 unspecified atom stereocenters. The molecule has 1 aliphatic carbocycles. The molecule has 0 spiro atoms. The van der Waals surface area contributed by atoms with Crippen LogP contribution in [0.15, 0.2) is 0 Å². The second-order valence-electron chi connectivity index (χ2n) is 8.44. The van der Waals surface area contributed by atoms with Gasteiger partial charge in [-0.15, -0.1) is 0 Å². The number of hydrogen-bond acceptors (Lipinski definition) is 4. The highest BCUT2D eigenvalue weighted by atomic mass is 16.1. The van der Waals surface area contributed by atoms with Gasteiger partial charge < -0.3 is 0 Å². The number of likely N-dealkylation sites (tertiary alicyclic amines) is 2. The van der Waals surface area contributed by atoms with E-state index in [1.54, 1.807) is 13.8 Å². The van der Waals surface area contributed by atoms with E-state index in [1.807, 2.05) is 0 Å². The van der Waals surface area contributed by atoms with Crippen molar-refractivity contribution in [3.8, 4) is 0 Å². The van der Waals surface area contributed by atoms with Gasteiger partial charge in [-0.2, -0.15) is 0 Å². The van der Waals surface area contributed by atoms with Crippen molar-refractivity contribution in [3.63, 3.8) is 0 Å². The topological polar surface area (TPSA) is 40.6 Å². The van der Waals surface area contributed by atoms with Gasteiger partial charge >= 0.3 is 0 Å². The van der Waals surface area contributed by atoms with Gasteiger partial charge in [0.15, 0.2) is 0 Å². The van der Waals surface area contributed by atoms with Crippen LogP contribution in [0, 0.1) is 5.92 Å². The van der Waals surface area contributed by atoms with Crippen molar-refractivity contribution in [1.82, 2.24) is 9.80 Å². The minimum absolute atomic E-state index is 0.206. The minimum Gasteiger partial charge on any atom is -0.298 e. The molecule has 0 radical (unpaired) electrons. The molecule has 0 amide bonds. The molecule has 3 aliphatic rings. The van der Waals surface area contributed by atoms with Crippen LogP contribution in [0.2, 0.25) is 0 Å². The Morgan fingerprint density at radius 3 is 2.04 bits per heavy atom. The first-order valence-electron chi connectivity index (χ1n) is 10.3. The molecule has 0 bridgehead atoms. The second-order valence-corrected chi connectivity index (χ2v) is 8.44. The standard InChI is InChI=1S/C12H21NO.C9H17NO/c1-9(14)11-8-7-10-5-3-4-6-12(10)13(11)2;1-8(11)9-6-4-3-5-7-10(9)2/h10-12H,3-8H2,1-2H3;9H,3-7H2,1-2H3. The van der Waals surface area contributed by atoms with Crippen LogP contribution in [0.4, 0.5) is 0 Å². The van der Waals surface area contributed by atoms with Crippen molar-refractivity contribution < 1.29 is 9.59 Å². The molecule has 25 heavy (non-hydrogen) atoms. The molecule has 2 heterocycles. The van der Waals surface area contributed by atoms with Gasteiger partial charge in [-0.3, -0.25) is 19.4 Å². The molecule has 1 saturated carbocycles. The molecule has 0 aromatic carbocycles. The minimum atomic E-state index is 0.206. The highest BCUT2D eigenvalue weighted by Crippen LogP contribution is 2.36. The molecule has 4 heteroatoms. The first-order valence-corrected chi connectivity index (χ1v) is 10.3. The quantitative estimate of drug-likeness (QED) is 0.762. The zero-order chi connectivity index (χ0) is 18.4. The van der Waals surface area contributed by atoms with E-state index in [9.17, 15) is 9.59 Å². The molecule has 3 fully saturated rings. The number of carbonyl (C=O) groups is 2. The summed E-state index contributed by atoms with van der Waals surface area (Å²) in [7, 11) is 4.20. The Balaban J connectivity index is 0.000000186. The Morgan fingerprint density at radius 2 is 1.36 bits per heavy atom. The van der Waals surface area contributed by atoms with E-state index in [-0.39, 0.29) is 12.1 Å². The predicted molar refractivity (Wildman–Crippen MR) is 103 cm³/mol. The predicted octanol–water partition coefficient (Wildman–Crippen LogP) is 3.68. The summed E-state index contributed by atoms with van der Waals surface area (Å²) >= 11 is 0. The average molecular weight is 351 g/mol. The van der Waals surface area contributed by atoms with E-state index in [0.29, 0.717) is 17.6 Å². The third-order valence-corrected chi connectivity index (χ3v) is 6.65. The molecular weight excluding hydrogens is 312 g/mol. The summed E-state index contributed by atoms with van der Waals surface area (Å²) in [4.78, 5) is 27.1. The molecule has 2 saturated heterocycles.